The van der Waals surface area contributed by atoms with Gasteiger partial charge in [0.25, 0.3) is 7.82 Å². The van der Waals surface area contributed by atoms with Crippen molar-refractivity contribution in [2.75, 3.05) is 40.9 Å². The van der Waals surface area contributed by atoms with Crippen molar-refractivity contribution in [3.8, 4) is 0 Å². The van der Waals surface area contributed by atoms with Gasteiger partial charge >= 0.3 is 5.97 Å². The third-order valence-electron chi connectivity index (χ3n) is 14.5. The molecule has 0 aliphatic heterocycles. The van der Waals surface area contributed by atoms with Crippen molar-refractivity contribution < 1.29 is 37.3 Å². The van der Waals surface area contributed by atoms with Crippen LogP contribution in [0, 0.1) is 0 Å². The summed E-state index contributed by atoms with van der Waals surface area (Å²) in [6, 6.07) is -0.904. The number of rotatable bonds is 59. The monoisotopic (exact) mass is 1100 g/mol. The number of esters is 1. The van der Waals surface area contributed by atoms with E-state index in [4.69, 9.17) is 13.8 Å². The molecule has 0 aromatic carbocycles. The van der Waals surface area contributed by atoms with Crippen molar-refractivity contribution in [3.05, 3.63) is 60.8 Å². The fourth-order valence-corrected chi connectivity index (χ4v) is 10.2. The fraction of sp³-hybridized carbons (Fsp3) is 0.821. The van der Waals surface area contributed by atoms with Crippen LogP contribution < -0.4 is 10.2 Å². The van der Waals surface area contributed by atoms with Crippen LogP contribution in [0.2, 0.25) is 0 Å². The van der Waals surface area contributed by atoms with Crippen molar-refractivity contribution in [3.63, 3.8) is 0 Å². The smallest absolute Gasteiger partial charge is 0.306 e. The van der Waals surface area contributed by atoms with E-state index in [-0.39, 0.29) is 31.3 Å². The number of phosphoric ester groups is 1. The number of carbonyl (C=O) groups is 2. The first kappa shape index (κ1) is 74.7. The van der Waals surface area contributed by atoms with E-state index in [9.17, 15) is 19.0 Å². The predicted molar refractivity (Wildman–Crippen MR) is 330 cm³/mol. The van der Waals surface area contributed by atoms with Gasteiger partial charge in [0.1, 0.15) is 19.3 Å². The van der Waals surface area contributed by atoms with Gasteiger partial charge in [-0.25, -0.2) is 0 Å². The van der Waals surface area contributed by atoms with Gasteiger partial charge in [-0.3, -0.25) is 14.2 Å². The van der Waals surface area contributed by atoms with Gasteiger partial charge in [0.15, 0.2) is 0 Å². The molecular formula is C67H125N2O7P. The van der Waals surface area contributed by atoms with Crippen molar-refractivity contribution >= 4 is 19.7 Å². The molecule has 3 unspecified atom stereocenters. The molecule has 0 saturated heterocycles. The molecule has 1 amide bonds. The summed E-state index contributed by atoms with van der Waals surface area (Å²) in [7, 11) is 1.17. The minimum atomic E-state index is -4.71. The molecule has 450 valence electrons. The van der Waals surface area contributed by atoms with Crippen molar-refractivity contribution in [2.45, 2.75) is 315 Å². The van der Waals surface area contributed by atoms with Gasteiger partial charge in [-0.15, -0.1) is 0 Å². The lowest BCUT2D eigenvalue weighted by Crippen LogP contribution is -2.47. The van der Waals surface area contributed by atoms with Crippen LogP contribution >= 0.6 is 7.82 Å². The molecule has 0 rings (SSSR count). The second-order valence-corrected chi connectivity index (χ2v) is 24.7. The number of nitrogens with zero attached hydrogens (tertiary/aromatic N) is 1. The van der Waals surface area contributed by atoms with E-state index in [1.54, 1.807) is 0 Å². The Labute approximate surface area is 477 Å². The summed E-state index contributed by atoms with van der Waals surface area (Å²) in [5.41, 5.74) is 0. The Morgan fingerprint density at radius 1 is 0.468 bits per heavy atom. The molecule has 77 heavy (non-hydrogen) atoms. The van der Waals surface area contributed by atoms with Crippen molar-refractivity contribution in [1.29, 1.82) is 0 Å². The van der Waals surface area contributed by atoms with Gasteiger partial charge in [-0.05, 0) is 70.3 Å². The number of hydrogen-bond donors (Lipinski definition) is 1. The molecule has 0 bridgehead atoms. The molecule has 0 spiro atoms. The van der Waals surface area contributed by atoms with Crippen LogP contribution in [-0.2, 0) is 27.9 Å². The highest BCUT2D eigenvalue weighted by Gasteiger charge is 2.27. The number of phosphoric acid groups is 1. The summed E-state index contributed by atoms with van der Waals surface area (Å²) in [6.07, 6.45) is 72.0. The minimum Gasteiger partial charge on any atom is -0.756 e. The van der Waals surface area contributed by atoms with E-state index in [1.165, 1.54) is 180 Å². The first-order valence-electron chi connectivity index (χ1n) is 32.6. The lowest BCUT2D eigenvalue weighted by atomic mass is 10.0. The summed E-state index contributed by atoms with van der Waals surface area (Å²) >= 11 is 0. The molecule has 3 atom stereocenters. The number of amides is 1. The highest BCUT2D eigenvalue weighted by Crippen LogP contribution is 2.38. The zero-order chi connectivity index (χ0) is 56.4. The number of quaternary nitrogens is 1. The number of unbranched alkanes of at least 4 members (excludes halogenated alkanes) is 35. The molecule has 0 aromatic heterocycles. The maximum Gasteiger partial charge on any atom is 0.306 e. The molecule has 1 N–H and O–H groups in total. The number of ether oxygens (including phenoxy) is 1. The number of carbonyl (C=O) groups excluding carboxylic acids is 2. The number of allylic oxidation sites excluding steroid dienone is 9. The van der Waals surface area contributed by atoms with E-state index in [1.807, 2.05) is 33.3 Å². The Hall–Kier alpha value is -2.29. The second-order valence-electron chi connectivity index (χ2n) is 23.2. The second kappa shape index (κ2) is 57.0. The Kier molecular flexibility index (Phi) is 55.3. The van der Waals surface area contributed by atoms with Gasteiger partial charge < -0.3 is 28.5 Å². The zero-order valence-corrected chi connectivity index (χ0v) is 52.3. The van der Waals surface area contributed by atoms with Gasteiger partial charge in [-0.1, -0.05) is 281 Å². The topological polar surface area (TPSA) is 114 Å². The molecule has 0 aliphatic carbocycles. The number of likely N-dealkylation sites (N-methyl/N-ethyl adjacent to an activating group) is 1. The average molecular weight is 1100 g/mol. The van der Waals surface area contributed by atoms with Crippen LogP contribution in [0.3, 0.4) is 0 Å². The van der Waals surface area contributed by atoms with Crippen LogP contribution in [0.1, 0.15) is 303 Å². The molecular weight excluding hydrogens is 976 g/mol. The summed E-state index contributed by atoms with van der Waals surface area (Å²) in [5, 5.41) is 3.01. The Morgan fingerprint density at radius 2 is 0.831 bits per heavy atom. The molecule has 0 radical (unpaired) electrons. The molecule has 9 nitrogen and oxygen atoms in total. The predicted octanol–water partition coefficient (Wildman–Crippen LogP) is 19.6. The lowest BCUT2D eigenvalue weighted by molar-refractivity contribution is -0.870. The summed E-state index contributed by atoms with van der Waals surface area (Å²) < 4.78 is 30.3. The highest BCUT2D eigenvalue weighted by atomic mass is 31.2. The molecule has 0 saturated carbocycles. The minimum absolute atomic E-state index is 0.0288. The molecule has 0 heterocycles. The quantitative estimate of drug-likeness (QED) is 0.0212. The summed E-state index contributed by atoms with van der Waals surface area (Å²) in [5.74, 6) is -0.568. The summed E-state index contributed by atoms with van der Waals surface area (Å²) in [4.78, 5) is 40.0. The van der Waals surface area contributed by atoms with E-state index in [0.29, 0.717) is 17.4 Å². The van der Waals surface area contributed by atoms with Crippen LogP contribution in [0.5, 0.6) is 0 Å². The Bertz CT molecular complexity index is 1500. The molecule has 0 aromatic rings. The first-order valence-corrected chi connectivity index (χ1v) is 34.1. The number of hydrogen-bond acceptors (Lipinski definition) is 7. The van der Waals surface area contributed by atoms with Gasteiger partial charge in [0.05, 0.1) is 33.8 Å². The van der Waals surface area contributed by atoms with Crippen molar-refractivity contribution in [1.82, 2.24) is 5.32 Å². The number of nitrogens with one attached hydrogen (secondary N) is 1. The van der Waals surface area contributed by atoms with Crippen LogP contribution in [0.15, 0.2) is 60.8 Å². The maximum absolute atomic E-state index is 13.5. The highest BCUT2D eigenvalue weighted by molar-refractivity contribution is 7.45. The molecule has 0 fully saturated rings. The molecule has 0 aliphatic rings. The maximum atomic E-state index is 13.5. The third kappa shape index (κ3) is 58.2. The van der Waals surface area contributed by atoms with E-state index in [0.717, 1.165) is 83.5 Å². The Morgan fingerprint density at radius 3 is 1.26 bits per heavy atom. The third-order valence-corrected chi connectivity index (χ3v) is 15.4. The zero-order valence-electron chi connectivity index (χ0n) is 51.4. The largest absolute Gasteiger partial charge is 0.756 e. The van der Waals surface area contributed by atoms with E-state index < -0.39 is 26.6 Å². The fourth-order valence-electron chi connectivity index (χ4n) is 9.46. The normalized spacial score (nSPS) is 14.0. The average Bonchev–Trinajstić information content (AvgIpc) is 3.39. The lowest BCUT2D eigenvalue weighted by Gasteiger charge is -2.30. The first-order chi connectivity index (χ1) is 37.4. The van der Waals surface area contributed by atoms with Gasteiger partial charge in [0, 0.05) is 12.8 Å². The van der Waals surface area contributed by atoms with E-state index >= 15 is 0 Å². The van der Waals surface area contributed by atoms with Crippen molar-refractivity contribution in [2.24, 2.45) is 0 Å². The van der Waals surface area contributed by atoms with Gasteiger partial charge in [-0.2, -0.15) is 0 Å². The standard InChI is InChI=1S/C67H125N2O7P/c1-7-10-13-16-19-22-25-28-30-32-33-34-35-36-37-38-40-42-45-48-51-54-57-60-67(71)76-65(58-55-52-49-46-43-27-24-21-18-15-12-9-3)64(63-75-77(72,73)74-62-61-69(4,5)6)68-66(70)59-56-53-50-47-44-41-39-31-29-26-23-20-17-14-11-8-2/h11,14,20,23,29,31,41,44,55,58,64-65H,7-10,12-13,15-19,21-22,24-28,30,32-40,42-43,45-54,56-57,59-63H2,1-6H3,(H-,68,70,72,73)/b14-11+,23-20+,31-29+,44-41+,58-55-. The van der Waals surface area contributed by atoms with Crippen LogP contribution in [0.25, 0.3) is 0 Å². The van der Waals surface area contributed by atoms with Crippen LogP contribution in [0.4, 0.5) is 0 Å². The van der Waals surface area contributed by atoms with Gasteiger partial charge in [0.2, 0.25) is 5.91 Å². The Balaban J connectivity index is 5.16. The van der Waals surface area contributed by atoms with Crippen LogP contribution in [-0.4, -0.2) is 69.4 Å². The summed E-state index contributed by atoms with van der Waals surface area (Å²) in [6.45, 7) is 6.73. The SMILES string of the molecule is CC/C=C/C/C=C/C/C=C/C/C=C/CCCCCC(=O)NC(COP(=O)([O-])OCC[N+](C)(C)C)C(/C=C\CCCCCCCCCCCC)OC(=O)CCCCCCCCCCCCCCCCCCCCCCCCC. The molecule has 10 heteroatoms. The van der Waals surface area contributed by atoms with E-state index in [2.05, 4.69) is 74.7 Å².